The van der Waals surface area contributed by atoms with Gasteiger partial charge in [-0.15, -0.1) is 0 Å². The fourth-order valence-corrected chi connectivity index (χ4v) is 1.19. The molecule has 1 rings (SSSR count). The highest BCUT2D eigenvalue weighted by Crippen LogP contribution is 2.05. The minimum absolute atomic E-state index is 0.712. The zero-order valence-corrected chi connectivity index (χ0v) is 8.53. The molecule has 0 saturated carbocycles. The number of allylic oxidation sites excluding steroid dienone is 2. The molecule has 0 aliphatic rings. The van der Waals surface area contributed by atoms with Crippen molar-refractivity contribution >= 4 is 0 Å². The highest BCUT2D eigenvalue weighted by atomic mass is 14.0. The molecule has 0 heteroatoms. The zero-order valence-electron chi connectivity index (χ0n) is 8.53. The van der Waals surface area contributed by atoms with Gasteiger partial charge in [0.2, 0.25) is 0 Å². The van der Waals surface area contributed by atoms with Gasteiger partial charge in [0.25, 0.3) is 0 Å². The minimum atomic E-state index is 0.712. The van der Waals surface area contributed by atoms with E-state index in [-0.39, 0.29) is 0 Å². The first kappa shape index (κ1) is 10.0. The van der Waals surface area contributed by atoms with Gasteiger partial charge in [-0.1, -0.05) is 62.8 Å². The summed E-state index contributed by atoms with van der Waals surface area (Å²) in [5.74, 6) is 0.712. The second kappa shape index (κ2) is 5.58. The number of rotatable bonds is 4. The molecule has 0 aliphatic carbocycles. The predicted molar refractivity (Wildman–Crippen MR) is 58.7 cm³/mol. The maximum Gasteiger partial charge on any atom is -0.00974 e. The Kier molecular flexibility index (Phi) is 4.31. The van der Waals surface area contributed by atoms with E-state index in [2.05, 4.69) is 56.3 Å². The van der Waals surface area contributed by atoms with E-state index in [9.17, 15) is 0 Å². The number of hydrogen-bond acceptors (Lipinski definition) is 0. The molecule has 0 nitrogen and oxygen atoms in total. The van der Waals surface area contributed by atoms with Crippen LogP contribution in [0.2, 0.25) is 0 Å². The second-order valence-corrected chi connectivity index (χ2v) is 3.50. The smallest absolute Gasteiger partial charge is 0.00974 e. The van der Waals surface area contributed by atoms with Gasteiger partial charge in [-0.2, -0.15) is 0 Å². The molecule has 1 unspecified atom stereocenters. The van der Waals surface area contributed by atoms with E-state index >= 15 is 0 Å². The monoisotopic (exact) mass is 174 g/mol. The van der Waals surface area contributed by atoms with E-state index in [4.69, 9.17) is 0 Å². The van der Waals surface area contributed by atoms with Crippen LogP contribution in [-0.4, -0.2) is 0 Å². The Hall–Kier alpha value is -1.04. The van der Waals surface area contributed by atoms with Crippen molar-refractivity contribution < 1.29 is 0 Å². The van der Waals surface area contributed by atoms with Gasteiger partial charge in [0.1, 0.15) is 0 Å². The highest BCUT2D eigenvalue weighted by Gasteiger charge is 1.90. The average molecular weight is 174 g/mol. The maximum atomic E-state index is 2.30. The lowest BCUT2D eigenvalue weighted by Gasteiger charge is -1.99. The van der Waals surface area contributed by atoms with Crippen molar-refractivity contribution in [1.82, 2.24) is 0 Å². The lowest BCUT2D eigenvalue weighted by atomic mass is 10.1. The molecule has 0 bridgehead atoms. The highest BCUT2D eigenvalue weighted by molar-refractivity contribution is 5.17. The van der Waals surface area contributed by atoms with E-state index < -0.39 is 0 Å². The van der Waals surface area contributed by atoms with Crippen molar-refractivity contribution in [3.8, 4) is 0 Å². The second-order valence-electron chi connectivity index (χ2n) is 3.50. The Morgan fingerprint density at radius 3 is 2.54 bits per heavy atom. The molecule has 0 spiro atoms. The molecule has 0 aliphatic heterocycles. The van der Waals surface area contributed by atoms with Crippen LogP contribution in [0.25, 0.3) is 0 Å². The third-order valence-electron chi connectivity index (χ3n) is 2.30. The number of benzene rings is 1. The van der Waals surface area contributed by atoms with Gasteiger partial charge in [-0.3, -0.25) is 0 Å². The van der Waals surface area contributed by atoms with Crippen LogP contribution in [0.1, 0.15) is 25.8 Å². The first-order chi connectivity index (χ1) is 6.33. The predicted octanol–water partition coefficient (Wildman–Crippen LogP) is 3.83. The molecule has 1 aromatic rings. The van der Waals surface area contributed by atoms with Crippen molar-refractivity contribution in [3.63, 3.8) is 0 Å². The molecular formula is C13H18. The van der Waals surface area contributed by atoms with Crippen LogP contribution in [0.4, 0.5) is 0 Å². The first-order valence-corrected chi connectivity index (χ1v) is 5.03. The third kappa shape index (κ3) is 3.93. The van der Waals surface area contributed by atoms with Gasteiger partial charge in [-0.25, -0.2) is 0 Å². The fourth-order valence-electron chi connectivity index (χ4n) is 1.19. The molecule has 1 aromatic carbocycles. The van der Waals surface area contributed by atoms with Gasteiger partial charge in [0.05, 0.1) is 0 Å². The minimum Gasteiger partial charge on any atom is -0.0854 e. The van der Waals surface area contributed by atoms with Crippen LogP contribution in [0, 0.1) is 5.92 Å². The van der Waals surface area contributed by atoms with E-state index in [1.165, 1.54) is 12.0 Å². The molecule has 70 valence electrons. The summed E-state index contributed by atoms with van der Waals surface area (Å²) in [7, 11) is 0. The summed E-state index contributed by atoms with van der Waals surface area (Å²) < 4.78 is 0. The Balaban J connectivity index is 2.39. The summed E-state index contributed by atoms with van der Waals surface area (Å²) in [6.45, 7) is 4.47. The SMILES string of the molecule is CCC(C)/C=C\Cc1ccccc1. The van der Waals surface area contributed by atoms with Crippen molar-refractivity contribution in [2.45, 2.75) is 26.7 Å². The van der Waals surface area contributed by atoms with Gasteiger partial charge in [-0.05, 0) is 17.9 Å². The van der Waals surface area contributed by atoms with Gasteiger partial charge in [0, 0.05) is 0 Å². The molecule has 0 radical (unpaired) electrons. The number of hydrogen-bond donors (Lipinski definition) is 0. The Morgan fingerprint density at radius 2 is 1.92 bits per heavy atom. The average Bonchev–Trinajstić information content (AvgIpc) is 2.19. The van der Waals surface area contributed by atoms with Gasteiger partial charge < -0.3 is 0 Å². The van der Waals surface area contributed by atoms with Crippen LogP contribution in [0.3, 0.4) is 0 Å². The van der Waals surface area contributed by atoms with Crippen LogP contribution < -0.4 is 0 Å². The van der Waals surface area contributed by atoms with Gasteiger partial charge in [0.15, 0.2) is 0 Å². The molecule has 13 heavy (non-hydrogen) atoms. The molecule has 0 heterocycles. The van der Waals surface area contributed by atoms with Crippen molar-refractivity contribution in [2.24, 2.45) is 5.92 Å². The van der Waals surface area contributed by atoms with Crippen LogP contribution in [0.5, 0.6) is 0 Å². The quantitative estimate of drug-likeness (QED) is 0.608. The van der Waals surface area contributed by atoms with Crippen molar-refractivity contribution in [1.29, 1.82) is 0 Å². The zero-order chi connectivity index (χ0) is 9.52. The van der Waals surface area contributed by atoms with Crippen molar-refractivity contribution in [2.75, 3.05) is 0 Å². The standard InChI is InChI=1S/C13H18/c1-3-12(2)8-7-11-13-9-5-4-6-10-13/h4-10,12H,3,11H2,1-2H3/b8-7-. The Labute approximate surface area is 81.3 Å². The van der Waals surface area contributed by atoms with E-state index in [0.717, 1.165) is 6.42 Å². The molecule has 0 N–H and O–H groups in total. The summed E-state index contributed by atoms with van der Waals surface area (Å²) in [6.07, 6.45) is 6.85. The van der Waals surface area contributed by atoms with Crippen LogP contribution in [-0.2, 0) is 6.42 Å². The lowest BCUT2D eigenvalue weighted by Crippen LogP contribution is -1.85. The third-order valence-corrected chi connectivity index (χ3v) is 2.30. The fraction of sp³-hybridized carbons (Fsp3) is 0.385. The van der Waals surface area contributed by atoms with Gasteiger partial charge >= 0.3 is 0 Å². The molecular weight excluding hydrogens is 156 g/mol. The summed E-state index contributed by atoms with van der Waals surface area (Å²) >= 11 is 0. The van der Waals surface area contributed by atoms with E-state index in [1.807, 2.05) is 0 Å². The van der Waals surface area contributed by atoms with Crippen LogP contribution in [0.15, 0.2) is 42.5 Å². The first-order valence-electron chi connectivity index (χ1n) is 5.03. The van der Waals surface area contributed by atoms with E-state index in [1.54, 1.807) is 0 Å². The van der Waals surface area contributed by atoms with E-state index in [0.29, 0.717) is 5.92 Å². The van der Waals surface area contributed by atoms with Crippen molar-refractivity contribution in [3.05, 3.63) is 48.0 Å². The molecule has 1 atom stereocenters. The topological polar surface area (TPSA) is 0 Å². The molecule has 0 fully saturated rings. The Bertz CT molecular complexity index is 246. The largest absolute Gasteiger partial charge is 0.0854 e. The molecule has 0 saturated heterocycles. The maximum absolute atomic E-state index is 2.30. The lowest BCUT2D eigenvalue weighted by molar-refractivity contribution is 0.696. The molecule has 0 aromatic heterocycles. The summed E-state index contributed by atoms with van der Waals surface area (Å²) in [5, 5.41) is 0. The van der Waals surface area contributed by atoms with Crippen LogP contribution >= 0.6 is 0 Å². The Morgan fingerprint density at radius 1 is 1.23 bits per heavy atom. The summed E-state index contributed by atoms with van der Waals surface area (Å²) in [5.41, 5.74) is 1.39. The summed E-state index contributed by atoms with van der Waals surface area (Å²) in [6, 6.07) is 10.6. The normalized spacial score (nSPS) is 13.4. The summed E-state index contributed by atoms with van der Waals surface area (Å²) in [4.78, 5) is 0. The molecule has 0 amide bonds.